The average molecular weight is 406 g/mol. The number of benzene rings is 1. The molecule has 7 heteroatoms. The van der Waals surface area contributed by atoms with Crippen molar-refractivity contribution in [3.8, 4) is 0 Å². The van der Waals surface area contributed by atoms with Crippen molar-refractivity contribution in [3.05, 3.63) is 58.0 Å². The van der Waals surface area contributed by atoms with Gasteiger partial charge in [0.25, 0.3) is 5.56 Å². The molecule has 1 atom stereocenters. The van der Waals surface area contributed by atoms with Gasteiger partial charge >= 0.3 is 0 Å². The Hall–Kier alpha value is -2.80. The summed E-state index contributed by atoms with van der Waals surface area (Å²) in [6, 6.07) is 9.65. The lowest BCUT2D eigenvalue weighted by Crippen LogP contribution is -2.33. The fraction of sp³-hybridized carbons (Fsp3) is 0.478. The van der Waals surface area contributed by atoms with Gasteiger partial charge in [-0.3, -0.25) is 9.36 Å². The molecule has 1 aliphatic heterocycles. The van der Waals surface area contributed by atoms with Gasteiger partial charge in [-0.25, -0.2) is 15.0 Å². The molecular formula is C23H27N5O2. The molecule has 0 radical (unpaired) electrons. The zero-order valence-corrected chi connectivity index (χ0v) is 17.5. The first-order valence-corrected chi connectivity index (χ1v) is 10.8. The number of hydrogen-bond acceptors (Lipinski definition) is 6. The first-order valence-electron chi connectivity index (χ1n) is 10.8. The van der Waals surface area contributed by atoms with Gasteiger partial charge in [-0.05, 0) is 44.7 Å². The van der Waals surface area contributed by atoms with E-state index in [-0.39, 0.29) is 11.6 Å². The maximum atomic E-state index is 13.3. The number of nitrogens with zero attached hydrogens (tertiary/aromatic N) is 5. The largest absolute Gasteiger partial charge is 0.383 e. The summed E-state index contributed by atoms with van der Waals surface area (Å²) in [6.45, 7) is 3.89. The molecule has 0 spiro atoms. The number of hydrogen-bond donors (Lipinski definition) is 0. The zero-order chi connectivity index (χ0) is 20.7. The lowest BCUT2D eigenvalue weighted by Gasteiger charge is -2.28. The minimum atomic E-state index is -0.00274. The highest BCUT2D eigenvalue weighted by Crippen LogP contribution is 2.40. The SMILES string of the molecule is COCCn1c(C2CCCN2c2cc(C)nc(C3CC3)n2)nc2ccccc2c1=O. The summed E-state index contributed by atoms with van der Waals surface area (Å²) in [5.41, 5.74) is 1.74. The number of aromatic nitrogens is 4. The quantitative estimate of drug-likeness (QED) is 0.626. The van der Waals surface area contributed by atoms with Crippen LogP contribution in [0.1, 0.15) is 55.0 Å². The third-order valence-electron chi connectivity index (χ3n) is 6.06. The van der Waals surface area contributed by atoms with Gasteiger partial charge in [-0.1, -0.05) is 12.1 Å². The van der Waals surface area contributed by atoms with E-state index in [9.17, 15) is 4.79 Å². The minimum absolute atomic E-state index is 0.00274. The normalized spacial score (nSPS) is 19.0. The Balaban J connectivity index is 1.61. The van der Waals surface area contributed by atoms with E-state index in [0.29, 0.717) is 24.5 Å². The van der Waals surface area contributed by atoms with Crippen LogP contribution in [0.5, 0.6) is 0 Å². The van der Waals surface area contributed by atoms with Crippen LogP contribution in [0.25, 0.3) is 10.9 Å². The molecule has 30 heavy (non-hydrogen) atoms. The van der Waals surface area contributed by atoms with Crippen molar-refractivity contribution in [2.24, 2.45) is 0 Å². The fourth-order valence-corrected chi connectivity index (χ4v) is 4.39. The highest BCUT2D eigenvalue weighted by atomic mass is 16.5. The number of fused-ring (bicyclic) bond motifs is 1. The lowest BCUT2D eigenvalue weighted by molar-refractivity contribution is 0.184. The van der Waals surface area contributed by atoms with E-state index in [1.807, 2.05) is 31.2 Å². The molecule has 1 unspecified atom stereocenters. The number of methoxy groups -OCH3 is 1. The van der Waals surface area contributed by atoms with Crippen molar-refractivity contribution in [1.29, 1.82) is 0 Å². The molecule has 1 saturated carbocycles. The Morgan fingerprint density at radius 3 is 2.77 bits per heavy atom. The standard InChI is InChI=1S/C23H27N5O2/c1-15-14-20(26-21(24-15)16-9-10-16)27-11-5-8-19(27)22-25-18-7-4-3-6-17(18)23(29)28(22)12-13-30-2/h3-4,6-7,14,16,19H,5,8-13H2,1-2H3. The van der Waals surface area contributed by atoms with Gasteiger partial charge in [-0.15, -0.1) is 0 Å². The fourth-order valence-electron chi connectivity index (χ4n) is 4.39. The molecule has 1 aliphatic carbocycles. The number of anilines is 1. The molecule has 2 aromatic heterocycles. The van der Waals surface area contributed by atoms with Crippen LogP contribution < -0.4 is 10.5 Å². The van der Waals surface area contributed by atoms with Crippen LogP contribution in [0.4, 0.5) is 5.82 Å². The molecule has 1 aromatic carbocycles. The topological polar surface area (TPSA) is 73.1 Å². The lowest BCUT2D eigenvalue weighted by atomic mass is 10.1. The van der Waals surface area contributed by atoms with E-state index in [4.69, 9.17) is 14.7 Å². The summed E-state index contributed by atoms with van der Waals surface area (Å²) in [7, 11) is 1.66. The third kappa shape index (κ3) is 3.47. The van der Waals surface area contributed by atoms with Crippen molar-refractivity contribution in [2.75, 3.05) is 25.2 Å². The number of ether oxygens (including phenoxy) is 1. The second-order valence-electron chi connectivity index (χ2n) is 8.29. The summed E-state index contributed by atoms with van der Waals surface area (Å²) in [4.78, 5) is 30.1. The summed E-state index contributed by atoms with van der Waals surface area (Å²) < 4.78 is 7.08. The van der Waals surface area contributed by atoms with Gasteiger partial charge in [0, 0.05) is 31.3 Å². The molecule has 0 amide bonds. The van der Waals surface area contributed by atoms with Crippen molar-refractivity contribution in [2.45, 2.75) is 51.1 Å². The van der Waals surface area contributed by atoms with Gasteiger partial charge in [0.05, 0.1) is 30.1 Å². The smallest absolute Gasteiger partial charge is 0.261 e. The maximum Gasteiger partial charge on any atom is 0.261 e. The highest BCUT2D eigenvalue weighted by molar-refractivity contribution is 5.77. The van der Waals surface area contributed by atoms with Gasteiger partial charge in [-0.2, -0.15) is 0 Å². The van der Waals surface area contributed by atoms with Crippen LogP contribution in [0.2, 0.25) is 0 Å². The van der Waals surface area contributed by atoms with Crippen LogP contribution in [-0.2, 0) is 11.3 Å². The molecule has 2 aliphatic rings. The van der Waals surface area contributed by atoms with Crippen molar-refractivity contribution < 1.29 is 4.74 Å². The molecular weight excluding hydrogens is 378 g/mol. The summed E-state index contributed by atoms with van der Waals surface area (Å²) in [5.74, 6) is 3.22. The van der Waals surface area contributed by atoms with E-state index >= 15 is 0 Å². The summed E-state index contributed by atoms with van der Waals surface area (Å²) >= 11 is 0. The molecule has 0 bridgehead atoms. The van der Waals surface area contributed by atoms with Crippen LogP contribution in [-0.4, -0.2) is 39.8 Å². The first-order chi connectivity index (χ1) is 14.7. The van der Waals surface area contributed by atoms with Crippen LogP contribution in [0.3, 0.4) is 0 Å². The number of para-hydroxylation sites is 1. The summed E-state index contributed by atoms with van der Waals surface area (Å²) in [5, 5.41) is 0.649. The monoisotopic (exact) mass is 405 g/mol. The van der Waals surface area contributed by atoms with E-state index in [2.05, 4.69) is 16.0 Å². The number of aryl methyl sites for hydroxylation is 1. The maximum absolute atomic E-state index is 13.3. The van der Waals surface area contributed by atoms with Crippen LogP contribution >= 0.6 is 0 Å². The first kappa shape index (κ1) is 19.2. The van der Waals surface area contributed by atoms with Gasteiger partial charge in [0.15, 0.2) is 0 Å². The van der Waals surface area contributed by atoms with Crippen LogP contribution in [0, 0.1) is 6.92 Å². The Morgan fingerprint density at radius 2 is 1.97 bits per heavy atom. The Labute approximate surface area is 175 Å². The Kier molecular flexibility index (Phi) is 4.98. The molecule has 7 nitrogen and oxygen atoms in total. The molecule has 1 saturated heterocycles. The molecule has 3 aromatic rings. The van der Waals surface area contributed by atoms with E-state index in [0.717, 1.165) is 48.1 Å². The van der Waals surface area contributed by atoms with Crippen molar-refractivity contribution in [3.63, 3.8) is 0 Å². The predicted molar refractivity (Wildman–Crippen MR) is 116 cm³/mol. The van der Waals surface area contributed by atoms with E-state index < -0.39 is 0 Å². The predicted octanol–water partition coefficient (Wildman–Crippen LogP) is 3.36. The second kappa shape index (κ2) is 7.80. The second-order valence-corrected chi connectivity index (χ2v) is 8.29. The summed E-state index contributed by atoms with van der Waals surface area (Å²) in [6.07, 6.45) is 4.34. The third-order valence-corrected chi connectivity index (χ3v) is 6.06. The van der Waals surface area contributed by atoms with E-state index in [1.165, 1.54) is 12.8 Å². The molecule has 3 heterocycles. The van der Waals surface area contributed by atoms with E-state index in [1.54, 1.807) is 11.7 Å². The van der Waals surface area contributed by atoms with Crippen LogP contribution in [0.15, 0.2) is 35.1 Å². The van der Waals surface area contributed by atoms with Gasteiger partial charge < -0.3 is 9.64 Å². The Morgan fingerprint density at radius 1 is 1.13 bits per heavy atom. The number of rotatable bonds is 6. The van der Waals surface area contributed by atoms with Gasteiger partial charge in [0.2, 0.25) is 0 Å². The molecule has 156 valence electrons. The average Bonchev–Trinajstić information content (AvgIpc) is 3.49. The Bertz CT molecular complexity index is 1140. The molecule has 0 N–H and O–H groups in total. The minimum Gasteiger partial charge on any atom is -0.383 e. The zero-order valence-electron chi connectivity index (χ0n) is 17.5. The highest BCUT2D eigenvalue weighted by Gasteiger charge is 2.33. The molecule has 2 fully saturated rings. The van der Waals surface area contributed by atoms with Crippen molar-refractivity contribution in [1.82, 2.24) is 19.5 Å². The van der Waals surface area contributed by atoms with Crippen molar-refractivity contribution >= 4 is 16.7 Å². The van der Waals surface area contributed by atoms with Gasteiger partial charge in [0.1, 0.15) is 17.5 Å². The molecule has 5 rings (SSSR count).